The van der Waals surface area contributed by atoms with Crippen LogP contribution in [0.1, 0.15) is 25.7 Å². The monoisotopic (exact) mass is 213 g/mol. The minimum atomic E-state index is -0.794. The molecule has 0 aromatic carbocycles. The van der Waals surface area contributed by atoms with E-state index in [1.54, 1.807) is 0 Å². The van der Waals surface area contributed by atoms with E-state index >= 15 is 0 Å². The SMILES string of the molecule is O=C(O)[CH]CCCCCN1CCNCC1. The number of rotatable bonds is 7. The molecule has 0 aromatic rings. The molecule has 0 amide bonds. The molecule has 1 heterocycles. The molecule has 0 saturated carbocycles. The predicted octanol–water partition coefficient (Wildman–Crippen LogP) is 0.741. The highest BCUT2D eigenvalue weighted by Crippen LogP contribution is 2.04. The van der Waals surface area contributed by atoms with Gasteiger partial charge in [0.25, 0.3) is 0 Å². The van der Waals surface area contributed by atoms with Gasteiger partial charge in [0.1, 0.15) is 0 Å². The maximum Gasteiger partial charge on any atom is 0.307 e. The smallest absolute Gasteiger partial charge is 0.307 e. The lowest BCUT2D eigenvalue weighted by molar-refractivity contribution is -0.133. The molecule has 87 valence electrons. The van der Waals surface area contributed by atoms with Crippen molar-refractivity contribution in [2.24, 2.45) is 0 Å². The first kappa shape index (κ1) is 12.5. The van der Waals surface area contributed by atoms with Crippen molar-refractivity contribution in [3.8, 4) is 0 Å². The first-order valence-electron chi connectivity index (χ1n) is 5.78. The Morgan fingerprint density at radius 1 is 1.27 bits per heavy atom. The average molecular weight is 213 g/mol. The van der Waals surface area contributed by atoms with Crippen LogP contribution in [0.15, 0.2) is 0 Å². The number of carbonyl (C=O) groups is 1. The van der Waals surface area contributed by atoms with Gasteiger partial charge in [-0.15, -0.1) is 0 Å². The first-order chi connectivity index (χ1) is 7.29. The van der Waals surface area contributed by atoms with Crippen LogP contribution < -0.4 is 5.32 Å². The van der Waals surface area contributed by atoms with Crippen LogP contribution in [0.4, 0.5) is 0 Å². The summed E-state index contributed by atoms with van der Waals surface area (Å²) < 4.78 is 0. The molecule has 1 aliphatic rings. The first-order valence-corrected chi connectivity index (χ1v) is 5.78. The van der Waals surface area contributed by atoms with Gasteiger partial charge in [-0.1, -0.05) is 12.8 Å². The molecular formula is C11H21N2O2. The Morgan fingerprint density at radius 2 is 2.00 bits per heavy atom. The Balaban J connectivity index is 1.85. The summed E-state index contributed by atoms with van der Waals surface area (Å²) in [5.41, 5.74) is 0. The van der Waals surface area contributed by atoms with Crippen LogP contribution in [0.3, 0.4) is 0 Å². The van der Waals surface area contributed by atoms with Crippen molar-refractivity contribution in [2.45, 2.75) is 25.7 Å². The van der Waals surface area contributed by atoms with E-state index in [1.165, 1.54) is 12.8 Å². The summed E-state index contributed by atoms with van der Waals surface area (Å²) in [5, 5.41) is 11.7. The van der Waals surface area contributed by atoms with Gasteiger partial charge < -0.3 is 15.3 Å². The molecule has 1 rings (SSSR count). The predicted molar refractivity (Wildman–Crippen MR) is 59.7 cm³/mol. The van der Waals surface area contributed by atoms with Crippen molar-refractivity contribution in [3.05, 3.63) is 6.42 Å². The summed E-state index contributed by atoms with van der Waals surface area (Å²) in [6.07, 6.45) is 5.38. The molecule has 0 bridgehead atoms. The van der Waals surface area contributed by atoms with E-state index in [2.05, 4.69) is 10.2 Å². The minimum absolute atomic E-state index is 0.705. The number of unbranched alkanes of at least 4 members (excludes halogenated alkanes) is 3. The summed E-state index contributed by atoms with van der Waals surface area (Å²) in [5.74, 6) is -0.794. The van der Waals surface area contributed by atoms with Crippen LogP contribution in [0, 0.1) is 6.42 Å². The third-order valence-electron chi connectivity index (χ3n) is 2.71. The fourth-order valence-corrected chi connectivity index (χ4v) is 1.82. The molecule has 0 unspecified atom stereocenters. The van der Waals surface area contributed by atoms with Crippen LogP contribution in [0.2, 0.25) is 0 Å². The van der Waals surface area contributed by atoms with Gasteiger partial charge in [0.2, 0.25) is 0 Å². The van der Waals surface area contributed by atoms with Gasteiger partial charge in [0.15, 0.2) is 0 Å². The number of piperazine rings is 1. The summed E-state index contributed by atoms with van der Waals surface area (Å²) in [6.45, 7) is 5.68. The van der Waals surface area contributed by atoms with E-state index in [9.17, 15) is 4.79 Å². The molecule has 1 saturated heterocycles. The second-order valence-corrected chi connectivity index (χ2v) is 3.98. The Morgan fingerprint density at radius 3 is 2.67 bits per heavy atom. The topological polar surface area (TPSA) is 52.6 Å². The van der Waals surface area contributed by atoms with Crippen molar-refractivity contribution in [2.75, 3.05) is 32.7 Å². The van der Waals surface area contributed by atoms with Gasteiger partial charge in [-0.25, -0.2) is 0 Å². The van der Waals surface area contributed by atoms with Crippen LogP contribution >= 0.6 is 0 Å². The van der Waals surface area contributed by atoms with E-state index < -0.39 is 5.97 Å². The van der Waals surface area contributed by atoms with E-state index in [0.717, 1.165) is 45.6 Å². The summed E-state index contributed by atoms with van der Waals surface area (Å²) in [6, 6.07) is 0. The Hall–Kier alpha value is -0.610. The normalized spacial score (nSPS) is 17.9. The van der Waals surface area contributed by atoms with Crippen molar-refractivity contribution in [1.29, 1.82) is 0 Å². The van der Waals surface area contributed by atoms with Crippen molar-refractivity contribution in [3.63, 3.8) is 0 Å². The molecule has 1 radical (unpaired) electrons. The Bertz CT molecular complexity index is 179. The second-order valence-electron chi connectivity index (χ2n) is 3.98. The third kappa shape index (κ3) is 6.47. The number of hydrogen-bond acceptors (Lipinski definition) is 3. The van der Waals surface area contributed by atoms with E-state index in [0.29, 0.717) is 6.42 Å². The van der Waals surface area contributed by atoms with Crippen LogP contribution in [-0.4, -0.2) is 48.7 Å². The molecule has 15 heavy (non-hydrogen) atoms. The number of nitrogens with zero attached hydrogens (tertiary/aromatic N) is 1. The highest BCUT2D eigenvalue weighted by atomic mass is 16.4. The van der Waals surface area contributed by atoms with Gasteiger partial charge >= 0.3 is 5.97 Å². The molecule has 1 aliphatic heterocycles. The highest BCUT2D eigenvalue weighted by molar-refractivity contribution is 5.76. The van der Waals surface area contributed by atoms with E-state index in [1.807, 2.05) is 0 Å². The van der Waals surface area contributed by atoms with Crippen molar-refractivity contribution >= 4 is 5.97 Å². The van der Waals surface area contributed by atoms with Crippen molar-refractivity contribution in [1.82, 2.24) is 10.2 Å². The van der Waals surface area contributed by atoms with Gasteiger partial charge in [-0.2, -0.15) is 0 Å². The van der Waals surface area contributed by atoms with Crippen molar-refractivity contribution < 1.29 is 9.90 Å². The van der Waals surface area contributed by atoms with Gasteiger partial charge in [-0.05, 0) is 19.4 Å². The average Bonchev–Trinajstić information content (AvgIpc) is 2.24. The number of hydrogen-bond donors (Lipinski definition) is 2. The zero-order chi connectivity index (χ0) is 10.9. The zero-order valence-electron chi connectivity index (χ0n) is 9.24. The molecular weight excluding hydrogens is 192 g/mol. The number of nitrogens with one attached hydrogen (secondary N) is 1. The molecule has 4 nitrogen and oxygen atoms in total. The Labute approximate surface area is 91.6 Å². The molecule has 0 aromatic heterocycles. The fraction of sp³-hybridized carbons (Fsp3) is 0.818. The zero-order valence-corrected chi connectivity index (χ0v) is 9.24. The molecule has 4 heteroatoms. The van der Waals surface area contributed by atoms with Gasteiger partial charge in [0, 0.05) is 26.2 Å². The highest BCUT2D eigenvalue weighted by Gasteiger charge is 2.07. The third-order valence-corrected chi connectivity index (χ3v) is 2.71. The maximum absolute atomic E-state index is 10.2. The number of aliphatic carboxylic acids is 1. The molecule has 0 atom stereocenters. The molecule has 2 N–H and O–H groups in total. The summed E-state index contributed by atoms with van der Waals surface area (Å²) in [7, 11) is 0. The largest absolute Gasteiger partial charge is 0.481 e. The van der Waals surface area contributed by atoms with Crippen LogP contribution in [-0.2, 0) is 4.79 Å². The maximum atomic E-state index is 10.2. The fourth-order valence-electron chi connectivity index (χ4n) is 1.82. The molecule has 0 aliphatic carbocycles. The quantitative estimate of drug-likeness (QED) is 0.612. The lowest BCUT2D eigenvalue weighted by atomic mass is 10.1. The van der Waals surface area contributed by atoms with Crippen LogP contribution in [0.25, 0.3) is 0 Å². The van der Waals surface area contributed by atoms with Crippen LogP contribution in [0.5, 0.6) is 0 Å². The number of carboxylic acid groups (broad SMARTS) is 1. The standard InChI is InChI=1S/C11H21N2O2/c14-11(15)5-3-1-2-4-8-13-9-6-12-7-10-13/h5,12H,1-4,6-10H2,(H,14,15). The van der Waals surface area contributed by atoms with Gasteiger partial charge in [-0.3, -0.25) is 4.79 Å². The Kier molecular flexibility index (Phi) is 6.36. The molecule has 1 fully saturated rings. The van der Waals surface area contributed by atoms with Gasteiger partial charge in [0.05, 0.1) is 6.42 Å². The number of carboxylic acids is 1. The summed E-state index contributed by atoms with van der Waals surface area (Å²) >= 11 is 0. The summed E-state index contributed by atoms with van der Waals surface area (Å²) in [4.78, 5) is 12.7. The van der Waals surface area contributed by atoms with E-state index in [4.69, 9.17) is 5.11 Å². The minimum Gasteiger partial charge on any atom is -0.481 e. The second kappa shape index (κ2) is 7.65. The van der Waals surface area contributed by atoms with E-state index in [-0.39, 0.29) is 0 Å². The lowest BCUT2D eigenvalue weighted by Gasteiger charge is -2.26. The lowest BCUT2D eigenvalue weighted by Crippen LogP contribution is -2.43. The molecule has 0 spiro atoms.